The quantitative estimate of drug-likeness (QED) is 0.194. The molecule has 0 heterocycles. The number of hydrogen-bond donors (Lipinski definition) is 0. The Morgan fingerprint density at radius 3 is 2.20 bits per heavy atom. The predicted molar refractivity (Wildman–Crippen MR) is 74.0 cm³/mol. The molecular formula is C13H26ClSi. The summed E-state index contributed by atoms with van der Waals surface area (Å²) in [5, 5.41) is 0. The Kier molecular flexibility index (Phi) is 12.5. The molecule has 0 fully saturated rings. The van der Waals surface area contributed by atoms with Crippen LogP contribution in [0.4, 0.5) is 0 Å². The molecule has 0 aromatic rings. The smallest absolute Gasteiger partial charge is 0.165 e. The van der Waals surface area contributed by atoms with Crippen LogP contribution in [0.15, 0.2) is 12.7 Å². The maximum Gasteiger partial charge on any atom is 0.165 e. The van der Waals surface area contributed by atoms with Gasteiger partial charge in [0.25, 0.3) is 0 Å². The Morgan fingerprint density at radius 2 is 1.60 bits per heavy atom. The van der Waals surface area contributed by atoms with Gasteiger partial charge < -0.3 is 0 Å². The van der Waals surface area contributed by atoms with E-state index in [9.17, 15) is 0 Å². The van der Waals surface area contributed by atoms with Crippen LogP contribution < -0.4 is 0 Å². The number of allylic oxidation sites excluding steroid dienone is 1. The minimum atomic E-state index is -0.483. The van der Waals surface area contributed by atoms with Gasteiger partial charge in [-0.05, 0) is 24.9 Å². The van der Waals surface area contributed by atoms with Crippen molar-refractivity contribution in [2.75, 3.05) is 0 Å². The van der Waals surface area contributed by atoms with Crippen molar-refractivity contribution >= 4 is 19.2 Å². The fourth-order valence-electron chi connectivity index (χ4n) is 1.71. The molecule has 0 unspecified atom stereocenters. The molecule has 89 valence electrons. The van der Waals surface area contributed by atoms with Gasteiger partial charge in [0.05, 0.1) is 0 Å². The first-order chi connectivity index (χ1) is 7.31. The average molecular weight is 246 g/mol. The molecule has 0 saturated heterocycles. The van der Waals surface area contributed by atoms with E-state index in [1.165, 1.54) is 63.5 Å². The molecule has 15 heavy (non-hydrogen) atoms. The Morgan fingerprint density at radius 1 is 1.00 bits per heavy atom. The van der Waals surface area contributed by atoms with E-state index in [1.54, 1.807) is 0 Å². The summed E-state index contributed by atoms with van der Waals surface area (Å²) < 4.78 is 0. The molecule has 0 saturated carbocycles. The maximum atomic E-state index is 6.25. The van der Waals surface area contributed by atoms with Crippen LogP contribution in [-0.2, 0) is 0 Å². The average Bonchev–Trinajstić information content (AvgIpc) is 2.22. The molecule has 0 aromatic carbocycles. The van der Waals surface area contributed by atoms with Crippen molar-refractivity contribution in [2.24, 2.45) is 0 Å². The fourth-order valence-corrected chi connectivity index (χ4v) is 4.10. The van der Waals surface area contributed by atoms with Crippen molar-refractivity contribution in [3.63, 3.8) is 0 Å². The van der Waals surface area contributed by atoms with Crippen LogP contribution in [0.25, 0.3) is 0 Å². The summed E-state index contributed by atoms with van der Waals surface area (Å²) in [5.41, 5.74) is 0. The standard InChI is InChI=1S/C13H26ClSi/c1-3-5-6-7-8-9-10-11-13-15(14)12-4-2/h3H,1,4-13H2,2H3. The van der Waals surface area contributed by atoms with Crippen molar-refractivity contribution in [1.29, 1.82) is 0 Å². The number of unbranched alkanes of at least 4 members (excludes halogenated alkanes) is 6. The maximum absolute atomic E-state index is 6.25. The van der Waals surface area contributed by atoms with Crippen molar-refractivity contribution < 1.29 is 0 Å². The van der Waals surface area contributed by atoms with Gasteiger partial charge in [0, 0.05) is 0 Å². The van der Waals surface area contributed by atoms with E-state index in [0.29, 0.717) is 0 Å². The first kappa shape index (κ1) is 15.2. The highest BCUT2D eigenvalue weighted by molar-refractivity contribution is 7.06. The van der Waals surface area contributed by atoms with Crippen LogP contribution in [0.5, 0.6) is 0 Å². The van der Waals surface area contributed by atoms with Crippen LogP contribution in [0, 0.1) is 0 Å². The van der Waals surface area contributed by atoms with E-state index in [-0.39, 0.29) is 0 Å². The molecule has 2 heteroatoms. The highest BCUT2D eigenvalue weighted by Gasteiger charge is 2.05. The molecule has 0 aliphatic carbocycles. The third-order valence-electron chi connectivity index (χ3n) is 2.63. The molecule has 0 aromatic heterocycles. The third-order valence-corrected chi connectivity index (χ3v) is 5.70. The zero-order chi connectivity index (χ0) is 11.4. The first-order valence-electron chi connectivity index (χ1n) is 6.42. The Bertz CT molecular complexity index is 136. The van der Waals surface area contributed by atoms with Gasteiger partial charge in [-0.3, -0.25) is 0 Å². The van der Waals surface area contributed by atoms with Crippen LogP contribution in [0.3, 0.4) is 0 Å². The van der Waals surface area contributed by atoms with Crippen LogP contribution >= 0.6 is 11.1 Å². The van der Waals surface area contributed by atoms with Gasteiger partial charge in [0.1, 0.15) is 0 Å². The molecule has 0 aliphatic rings. The number of rotatable bonds is 11. The zero-order valence-electron chi connectivity index (χ0n) is 10.2. The lowest BCUT2D eigenvalue weighted by Gasteiger charge is -2.04. The van der Waals surface area contributed by atoms with Crippen molar-refractivity contribution in [2.45, 2.75) is 70.4 Å². The molecule has 1 radical (unpaired) electrons. The summed E-state index contributed by atoms with van der Waals surface area (Å²) in [7, 11) is -0.483. The molecule has 0 atom stereocenters. The summed E-state index contributed by atoms with van der Waals surface area (Å²) in [6, 6.07) is 2.60. The lowest BCUT2D eigenvalue weighted by molar-refractivity contribution is 0.610. The van der Waals surface area contributed by atoms with E-state index in [1.807, 2.05) is 6.08 Å². The summed E-state index contributed by atoms with van der Waals surface area (Å²) in [6.45, 7) is 5.96. The largest absolute Gasteiger partial charge is 0.169 e. The molecule has 0 bridgehead atoms. The minimum absolute atomic E-state index is 0.483. The van der Waals surface area contributed by atoms with E-state index < -0.39 is 8.11 Å². The van der Waals surface area contributed by atoms with Gasteiger partial charge in [-0.15, -0.1) is 6.58 Å². The Hall–Kier alpha value is 0.247. The lowest BCUT2D eigenvalue weighted by Crippen LogP contribution is -2.01. The van der Waals surface area contributed by atoms with Crippen LogP contribution in [0.1, 0.15) is 58.3 Å². The van der Waals surface area contributed by atoms with Crippen molar-refractivity contribution in [3.8, 4) is 0 Å². The highest BCUT2D eigenvalue weighted by Crippen LogP contribution is 2.14. The van der Waals surface area contributed by atoms with Crippen LogP contribution in [0.2, 0.25) is 12.1 Å². The second-order valence-electron chi connectivity index (χ2n) is 4.22. The molecule has 0 rings (SSSR count). The minimum Gasteiger partial charge on any atom is -0.169 e. The van der Waals surface area contributed by atoms with E-state index >= 15 is 0 Å². The Balaban J connectivity index is 3.01. The molecule has 0 aliphatic heterocycles. The third kappa shape index (κ3) is 12.2. The molecular weight excluding hydrogens is 220 g/mol. The second-order valence-corrected chi connectivity index (χ2v) is 7.85. The summed E-state index contributed by atoms with van der Waals surface area (Å²) in [6.07, 6.45) is 12.7. The Labute approximate surface area is 102 Å². The molecule has 0 N–H and O–H groups in total. The number of hydrogen-bond acceptors (Lipinski definition) is 0. The van der Waals surface area contributed by atoms with Gasteiger partial charge in [-0.2, -0.15) is 11.1 Å². The zero-order valence-corrected chi connectivity index (χ0v) is 12.0. The number of halogens is 1. The highest BCUT2D eigenvalue weighted by atomic mass is 35.6. The lowest BCUT2D eigenvalue weighted by atomic mass is 10.1. The summed E-state index contributed by atoms with van der Waals surface area (Å²) in [4.78, 5) is 0. The normalized spacial score (nSPS) is 10.9. The SMILES string of the molecule is C=CCCCCCCCC[Si](Cl)CCC. The monoisotopic (exact) mass is 245 g/mol. The van der Waals surface area contributed by atoms with Gasteiger partial charge >= 0.3 is 0 Å². The van der Waals surface area contributed by atoms with E-state index in [2.05, 4.69) is 13.5 Å². The van der Waals surface area contributed by atoms with Gasteiger partial charge in [0.2, 0.25) is 0 Å². The van der Waals surface area contributed by atoms with Gasteiger partial charge in [-0.25, -0.2) is 0 Å². The van der Waals surface area contributed by atoms with Gasteiger partial charge in [0.15, 0.2) is 8.11 Å². The first-order valence-corrected chi connectivity index (χ1v) is 9.35. The molecule has 0 nitrogen and oxygen atoms in total. The van der Waals surface area contributed by atoms with Crippen molar-refractivity contribution in [3.05, 3.63) is 12.7 Å². The summed E-state index contributed by atoms with van der Waals surface area (Å²) in [5.74, 6) is 0. The predicted octanol–water partition coefficient (Wildman–Crippen LogP) is 5.54. The second kappa shape index (κ2) is 12.3. The summed E-state index contributed by atoms with van der Waals surface area (Å²) >= 11 is 6.25. The van der Waals surface area contributed by atoms with Crippen molar-refractivity contribution in [1.82, 2.24) is 0 Å². The van der Waals surface area contributed by atoms with E-state index in [0.717, 1.165) is 0 Å². The fraction of sp³-hybridized carbons (Fsp3) is 0.846. The van der Waals surface area contributed by atoms with Gasteiger partial charge in [-0.1, -0.05) is 51.5 Å². The van der Waals surface area contributed by atoms with E-state index in [4.69, 9.17) is 11.1 Å². The van der Waals surface area contributed by atoms with Crippen LogP contribution in [-0.4, -0.2) is 8.11 Å². The topological polar surface area (TPSA) is 0 Å². The molecule has 0 spiro atoms. The molecule has 0 amide bonds.